The average Bonchev–Trinajstić information content (AvgIpc) is 2.41. The van der Waals surface area contributed by atoms with Gasteiger partial charge in [-0.25, -0.2) is 4.39 Å². The van der Waals surface area contributed by atoms with Crippen molar-refractivity contribution in [1.82, 2.24) is 4.90 Å². The molecule has 1 atom stereocenters. The number of benzene rings is 1. The number of thiocarbonyl (C=S) groups is 1. The fraction of sp³-hybridized carbons (Fsp3) is 0.533. The molecule has 0 radical (unpaired) electrons. The van der Waals surface area contributed by atoms with Gasteiger partial charge in [0.05, 0.1) is 6.10 Å². The zero-order valence-corrected chi connectivity index (χ0v) is 12.6. The monoisotopic (exact) mass is 296 g/mol. The zero-order valence-electron chi connectivity index (χ0n) is 11.8. The Hall–Kier alpha value is -1.04. The van der Waals surface area contributed by atoms with Gasteiger partial charge in [-0.2, -0.15) is 0 Å². The second-order valence-electron chi connectivity index (χ2n) is 5.12. The van der Waals surface area contributed by atoms with Gasteiger partial charge in [-0.05, 0) is 44.0 Å². The second-order valence-corrected chi connectivity index (χ2v) is 5.56. The van der Waals surface area contributed by atoms with E-state index in [1.807, 2.05) is 6.92 Å². The van der Waals surface area contributed by atoms with Crippen molar-refractivity contribution in [3.8, 4) is 0 Å². The average molecular weight is 296 g/mol. The molecule has 1 aliphatic rings. The van der Waals surface area contributed by atoms with E-state index in [1.54, 1.807) is 6.07 Å². The molecule has 0 saturated carbocycles. The lowest BCUT2D eigenvalue weighted by Gasteiger charge is -2.32. The van der Waals surface area contributed by atoms with Crippen LogP contribution in [0.5, 0.6) is 0 Å². The fourth-order valence-corrected chi connectivity index (χ4v) is 2.88. The summed E-state index contributed by atoms with van der Waals surface area (Å²) in [6.07, 6.45) is 2.52. The molecule has 0 amide bonds. The lowest BCUT2D eigenvalue weighted by atomic mass is 10.0. The van der Waals surface area contributed by atoms with Crippen LogP contribution >= 0.6 is 12.2 Å². The molecule has 1 heterocycles. The van der Waals surface area contributed by atoms with Crippen molar-refractivity contribution in [3.63, 3.8) is 0 Å². The first-order valence-corrected chi connectivity index (χ1v) is 7.43. The third kappa shape index (κ3) is 3.98. The smallest absolute Gasteiger partial charge is 0.123 e. The van der Waals surface area contributed by atoms with Crippen molar-refractivity contribution in [3.05, 3.63) is 35.1 Å². The van der Waals surface area contributed by atoms with Crippen LogP contribution in [0.4, 0.5) is 4.39 Å². The lowest BCUT2D eigenvalue weighted by molar-refractivity contribution is 0.00361. The molecular formula is C15H21FN2OS. The van der Waals surface area contributed by atoms with Gasteiger partial charge in [0.1, 0.15) is 10.8 Å². The number of ether oxygens (including phenoxy) is 1. The molecule has 2 rings (SSSR count). The van der Waals surface area contributed by atoms with Gasteiger partial charge in [0.25, 0.3) is 0 Å². The number of halogens is 1. The highest BCUT2D eigenvalue weighted by Crippen LogP contribution is 2.19. The van der Waals surface area contributed by atoms with E-state index >= 15 is 0 Å². The van der Waals surface area contributed by atoms with Gasteiger partial charge in [0.15, 0.2) is 0 Å². The second kappa shape index (κ2) is 7.11. The topological polar surface area (TPSA) is 38.5 Å². The third-order valence-electron chi connectivity index (χ3n) is 3.60. The molecule has 1 unspecified atom stereocenters. The first-order chi connectivity index (χ1) is 9.60. The number of piperidine rings is 1. The minimum Gasteiger partial charge on any atom is -0.389 e. The van der Waals surface area contributed by atoms with Gasteiger partial charge in [-0.15, -0.1) is 0 Å². The van der Waals surface area contributed by atoms with E-state index in [2.05, 4.69) is 4.90 Å². The van der Waals surface area contributed by atoms with Crippen LogP contribution in [-0.2, 0) is 11.3 Å². The Morgan fingerprint density at radius 3 is 3.05 bits per heavy atom. The molecule has 3 nitrogen and oxygen atoms in total. The molecule has 0 bridgehead atoms. The van der Waals surface area contributed by atoms with Crippen molar-refractivity contribution in [2.45, 2.75) is 32.4 Å². The van der Waals surface area contributed by atoms with E-state index in [0.717, 1.165) is 44.6 Å². The Morgan fingerprint density at radius 2 is 2.35 bits per heavy atom. The van der Waals surface area contributed by atoms with Gasteiger partial charge in [-0.1, -0.05) is 18.3 Å². The quantitative estimate of drug-likeness (QED) is 0.847. The minimum atomic E-state index is -0.303. The Balaban J connectivity index is 2.07. The summed E-state index contributed by atoms with van der Waals surface area (Å²) in [5, 5.41) is 0. The molecule has 20 heavy (non-hydrogen) atoms. The molecule has 5 heteroatoms. The van der Waals surface area contributed by atoms with E-state index in [-0.39, 0.29) is 10.8 Å². The van der Waals surface area contributed by atoms with E-state index < -0.39 is 0 Å². The van der Waals surface area contributed by atoms with Gasteiger partial charge in [0.2, 0.25) is 0 Å². The van der Waals surface area contributed by atoms with Crippen LogP contribution in [-0.4, -0.2) is 35.7 Å². The Morgan fingerprint density at radius 1 is 1.55 bits per heavy atom. The summed E-state index contributed by atoms with van der Waals surface area (Å²) in [4.78, 5) is 2.57. The van der Waals surface area contributed by atoms with Crippen LogP contribution < -0.4 is 5.73 Å². The van der Waals surface area contributed by atoms with E-state index in [4.69, 9.17) is 22.7 Å². The summed E-state index contributed by atoms with van der Waals surface area (Å²) in [5.41, 5.74) is 7.31. The summed E-state index contributed by atoms with van der Waals surface area (Å²) >= 11 is 5.01. The Bertz CT molecular complexity index is 479. The van der Waals surface area contributed by atoms with Crippen molar-refractivity contribution < 1.29 is 9.13 Å². The van der Waals surface area contributed by atoms with Crippen molar-refractivity contribution in [2.24, 2.45) is 5.73 Å². The summed E-state index contributed by atoms with van der Waals surface area (Å²) in [6, 6.07) is 4.65. The zero-order chi connectivity index (χ0) is 14.5. The van der Waals surface area contributed by atoms with Crippen LogP contribution in [0.3, 0.4) is 0 Å². The predicted octanol–water partition coefficient (Wildman–Crippen LogP) is 2.46. The van der Waals surface area contributed by atoms with Gasteiger partial charge in [0, 0.05) is 25.3 Å². The molecule has 1 saturated heterocycles. The van der Waals surface area contributed by atoms with Gasteiger partial charge in [-0.3, -0.25) is 4.90 Å². The molecule has 1 aromatic carbocycles. The fourth-order valence-electron chi connectivity index (χ4n) is 2.69. The van der Waals surface area contributed by atoms with Crippen LogP contribution in [0.2, 0.25) is 0 Å². The standard InChI is InChI=1S/C15H21FN2OS/c1-2-19-13-4-3-7-18(10-13)9-11-5-6-12(16)8-14(11)15(17)20/h5-6,8,13H,2-4,7,9-10H2,1H3,(H2,17,20). The van der Waals surface area contributed by atoms with E-state index in [0.29, 0.717) is 11.7 Å². The first-order valence-electron chi connectivity index (χ1n) is 7.02. The first kappa shape index (κ1) is 15.4. The summed E-state index contributed by atoms with van der Waals surface area (Å²) in [5.74, 6) is -0.303. The molecule has 1 fully saturated rings. The Labute approximate surface area is 124 Å². The number of rotatable bonds is 5. The third-order valence-corrected chi connectivity index (χ3v) is 3.82. The van der Waals surface area contributed by atoms with Crippen molar-refractivity contribution in [1.29, 1.82) is 0 Å². The molecule has 2 N–H and O–H groups in total. The summed E-state index contributed by atoms with van der Waals surface area (Å²) in [6.45, 7) is 5.42. The SMILES string of the molecule is CCOC1CCCN(Cc2ccc(F)cc2C(N)=S)C1. The maximum absolute atomic E-state index is 13.3. The number of nitrogens with two attached hydrogens (primary N) is 1. The molecule has 0 aromatic heterocycles. The highest BCUT2D eigenvalue weighted by atomic mass is 32.1. The molecule has 1 aromatic rings. The highest BCUT2D eigenvalue weighted by Gasteiger charge is 2.21. The van der Waals surface area contributed by atoms with Crippen LogP contribution in [0, 0.1) is 5.82 Å². The van der Waals surface area contributed by atoms with Gasteiger partial charge < -0.3 is 10.5 Å². The normalized spacial score (nSPS) is 20.0. The van der Waals surface area contributed by atoms with E-state index in [9.17, 15) is 4.39 Å². The number of hydrogen-bond acceptors (Lipinski definition) is 3. The van der Waals surface area contributed by atoms with Crippen LogP contribution in [0.25, 0.3) is 0 Å². The largest absolute Gasteiger partial charge is 0.389 e. The number of hydrogen-bond donors (Lipinski definition) is 1. The molecule has 0 spiro atoms. The van der Waals surface area contributed by atoms with Crippen LogP contribution in [0.1, 0.15) is 30.9 Å². The molecule has 110 valence electrons. The van der Waals surface area contributed by atoms with Gasteiger partial charge >= 0.3 is 0 Å². The van der Waals surface area contributed by atoms with Crippen molar-refractivity contribution in [2.75, 3.05) is 19.7 Å². The molecule has 0 aliphatic carbocycles. The minimum absolute atomic E-state index is 0.248. The van der Waals surface area contributed by atoms with Crippen LogP contribution in [0.15, 0.2) is 18.2 Å². The molecule has 1 aliphatic heterocycles. The number of nitrogens with zero attached hydrogens (tertiary/aromatic N) is 1. The lowest BCUT2D eigenvalue weighted by Crippen LogP contribution is -2.39. The molecular weight excluding hydrogens is 275 g/mol. The maximum atomic E-state index is 13.3. The Kier molecular flexibility index (Phi) is 5.46. The summed E-state index contributed by atoms with van der Waals surface area (Å²) in [7, 11) is 0. The van der Waals surface area contributed by atoms with Crippen molar-refractivity contribution >= 4 is 17.2 Å². The highest BCUT2D eigenvalue weighted by molar-refractivity contribution is 7.80. The predicted molar refractivity (Wildman–Crippen MR) is 82.2 cm³/mol. The summed E-state index contributed by atoms with van der Waals surface area (Å²) < 4.78 is 19.0. The maximum Gasteiger partial charge on any atom is 0.123 e. The van der Waals surface area contributed by atoms with E-state index in [1.165, 1.54) is 12.1 Å². The number of likely N-dealkylation sites (tertiary alicyclic amines) is 1.